The molecule has 0 N–H and O–H groups in total. The second-order valence-electron chi connectivity index (χ2n) is 14.9. The van der Waals surface area contributed by atoms with Crippen molar-refractivity contribution in [3.05, 3.63) is 145 Å². The van der Waals surface area contributed by atoms with Crippen molar-refractivity contribution in [2.24, 2.45) is 17.8 Å². The SMILES string of the molecule is c1ccc(-c2cc(-c3cccc(-c4cccc(-c5ccc(C67CC8CC(CC(C8)C6)C7)c6ncoc56)c4)c3)cc(-c3ccccc3)n2)cc1. The number of benzene rings is 5. The van der Waals surface area contributed by atoms with E-state index in [1.165, 1.54) is 55.2 Å². The molecule has 0 spiro atoms. The van der Waals surface area contributed by atoms with Gasteiger partial charge >= 0.3 is 0 Å². The lowest BCUT2D eigenvalue weighted by Gasteiger charge is -2.57. The molecule has 4 bridgehead atoms. The molecule has 7 aromatic rings. The van der Waals surface area contributed by atoms with Crippen molar-refractivity contribution in [3.8, 4) is 55.9 Å². The largest absolute Gasteiger partial charge is 0.443 e. The molecule has 11 rings (SSSR count). The van der Waals surface area contributed by atoms with E-state index < -0.39 is 0 Å². The molecule has 4 aliphatic rings. The number of nitrogens with zero attached hydrogens (tertiary/aromatic N) is 2. The van der Waals surface area contributed by atoms with Crippen LogP contribution in [0.4, 0.5) is 0 Å². The molecule has 0 saturated heterocycles. The Hall–Kier alpha value is -5.28. The Morgan fingerprint density at radius 2 is 1.00 bits per heavy atom. The van der Waals surface area contributed by atoms with Gasteiger partial charge in [0, 0.05) is 16.7 Å². The molecule has 2 heterocycles. The van der Waals surface area contributed by atoms with Gasteiger partial charge in [-0.1, -0.05) is 109 Å². The van der Waals surface area contributed by atoms with E-state index in [2.05, 4.69) is 121 Å². The van der Waals surface area contributed by atoms with Gasteiger partial charge in [0.05, 0.1) is 11.4 Å². The maximum Gasteiger partial charge on any atom is 0.182 e. The van der Waals surface area contributed by atoms with Gasteiger partial charge in [-0.3, -0.25) is 0 Å². The molecule has 49 heavy (non-hydrogen) atoms. The molecule has 2 aromatic heterocycles. The minimum absolute atomic E-state index is 0.276. The van der Waals surface area contributed by atoms with Crippen LogP contribution in [0.25, 0.3) is 67.0 Å². The van der Waals surface area contributed by atoms with E-state index in [0.717, 1.165) is 73.6 Å². The Morgan fingerprint density at radius 1 is 0.490 bits per heavy atom. The Balaban J connectivity index is 1.02. The lowest BCUT2D eigenvalue weighted by molar-refractivity contribution is -0.00457. The van der Waals surface area contributed by atoms with Gasteiger partial charge in [0.15, 0.2) is 12.0 Å². The average Bonchev–Trinajstić information content (AvgIpc) is 3.65. The number of aromatic nitrogens is 2. The van der Waals surface area contributed by atoms with Crippen LogP contribution in [0.3, 0.4) is 0 Å². The van der Waals surface area contributed by atoms with Gasteiger partial charge in [-0.2, -0.15) is 0 Å². The summed E-state index contributed by atoms with van der Waals surface area (Å²) in [5, 5.41) is 0. The quantitative estimate of drug-likeness (QED) is 0.183. The van der Waals surface area contributed by atoms with Gasteiger partial charge in [-0.05, 0) is 119 Å². The predicted octanol–water partition coefficient (Wildman–Crippen LogP) is 12.0. The van der Waals surface area contributed by atoms with Crippen molar-refractivity contribution in [1.82, 2.24) is 9.97 Å². The van der Waals surface area contributed by atoms with Crippen molar-refractivity contribution in [2.75, 3.05) is 0 Å². The summed E-state index contributed by atoms with van der Waals surface area (Å²) in [5.41, 5.74) is 14.8. The molecule has 0 radical (unpaired) electrons. The van der Waals surface area contributed by atoms with Gasteiger partial charge in [-0.15, -0.1) is 0 Å². The third kappa shape index (κ3) is 5.03. The Bertz CT molecular complexity index is 2230. The van der Waals surface area contributed by atoms with Crippen LogP contribution >= 0.6 is 0 Å². The molecule has 0 aliphatic heterocycles. The minimum atomic E-state index is 0.276. The Morgan fingerprint density at radius 3 is 1.59 bits per heavy atom. The number of pyridine rings is 1. The van der Waals surface area contributed by atoms with E-state index in [4.69, 9.17) is 14.4 Å². The van der Waals surface area contributed by atoms with Crippen LogP contribution in [0.15, 0.2) is 144 Å². The van der Waals surface area contributed by atoms with E-state index in [1.807, 2.05) is 12.1 Å². The highest BCUT2D eigenvalue weighted by Crippen LogP contribution is 2.61. The van der Waals surface area contributed by atoms with E-state index >= 15 is 0 Å². The van der Waals surface area contributed by atoms with Crippen molar-refractivity contribution in [2.45, 2.75) is 43.9 Å². The second kappa shape index (κ2) is 11.4. The highest BCUT2D eigenvalue weighted by molar-refractivity contribution is 5.94. The summed E-state index contributed by atoms with van der Waals surface area (Å²) in [5.74, 6) is 2.67. The molecule has 4 fully saturated rings. The van der Waals surface area contributed by atoms with Crippen LogP contribution in [-0.2, 0) is 5.41 Å². The molecular formula is C46H38N2O. The van der Waals surface area contributed by atoms with E-state index in [9.17, 15) is 0 Å². The number of hydrogen-bond acceptors (Lipinski definition) is 3. The van der Waals surface area contributed by atoms with E-state index in [1.54, 1.807) is 6.39 Å². The number of fused-ring (bicyclic) bond motifs is 1. The maximum absolute atomic E-state index is 6.21. The first-order chi connectivity index (χ1) is 24.2. The average molecular weight is 635 g/mol. The van der Waals surface area contributed by atoms with Crippen molar-refractivity contribution in [1.29, 1.82) is 0 Å². The van der Waals surface area contributed by atoms with Crippen LogP contribution in [0.1, 0.15) is 44.1 Å². The number of rotatable bonds is 6. The summed E-state index contributed by atoms with van der Waals surface area (Å²) >= 11 is 0. The Labute approximate surface area is 287 Å². The molecule has 0 atom stereocenters. The molecule has 0 amide bonds. The summed E-state index contributed by atoms with van der Waals surface area (Å²) in [6.07, 6.45) is 9.95. The Kier molecular flexibility index (Phi) is 6.69. The zero-order valence-electron chi connectivity index (χ0n) is 27.6. The molecule has 5 aromatic carbocycles. The standard InChI is InChI=1S/C46H38N2O/c1-3-9-33(10-4-1)42-24-39(25-43(48-42)34-11-5-2-6-12-34)37-15-7-13-35(22-37)36-14-8-16-38(23-36)40-17-18-41(44-45(40)49-29-47-44)46-26-30-19-31(27-46)21-32(20-30)28-46/h1-18,22-25,29-32H,19-21,26-28H2. The van der Waals surface area contributed by atoms with Crippen LogP contribution in [-0.4, -0.2) is 9.97 Å². The zero-order valence-corrected chi connectivity index (χ0v) is 27.6. The summed E-state index contributed by atoms with van der Waals surface area (Å²) in [6.45, 7) is 0. The molecule has 3 nitrogen and oxygen atoms in total. The maximum atomic E-state index is 6.21. The smallest absolute Gasteiger partial charge is 0.182 e. The summed E-state index contributed by atoms with van der Waals surface area (Å²) in [7, 11) is 0. The van der Waals surface area contributed by atoms with Gasteiger partial charge in [0.2, 0.25) is 0 Å². The van der Waals surface area contributed by atoms with Crippen LogP contribution in [0.5, 0.6) is 0 Å². The fraction of sp³-hybridized carbons (Fsp3) is 0.217. The minimum Gasteiger partial charge on any atom is -0.443 e. The topological polar surface area (TPSA) is 38.9 Å². The molecule has 0 unspecified atom stereocenters. The van der Waals surface area contributed by atoms with Crippen molar-refractivity contribution < 1.29 is 4.42 Å². The first-order valence-corrected chi connectivity index (χ1v) is 17.9. The molecule has 238 valence electrons. The molecule has 4 saturated carbocycles. The van der Waals surface area contributed by atoms with Crippen LogP contribution < -0.4 is 0 Å². The van der Waals surface area contributed by atoms with Crippen LogP contribution in [0, 0.1) is 17.8 Å². The lowest BCUT2D eigenvalue weighted by atomic mass is 9.48. The monoisotopic (exact) mass is 634 g/mol. The normalized spacial score (nSPS) is 22.5. The summed E-state index contributed by atoms with van der Waals surface area (Å²) in [6, 6.07) is 47.8. The molecule has 4 aliphatic carbocycles. The lowest BCUT2D eigenvalue weighted by Crippen LogP contribution is -2.48. The molecular weight excluding hydrogens is 597 g/mol. The third-order valence-electron chi connectivity index (χ3n) is 11.8. The van der Waals surface area contributed by atoms with Gasteiger partial charge < -0.3 is 4.42 Å². The number of oxazole rings is 1. The van der Waals surface area contributed by atoms with E-state index in [0.29, 0.717) is 0 Å². The van der Waals surface area contributed by atoms with E-state index in [-0.39, 0.29) is 5.41 Å². The van der Waals surface area contributed by atoms with Crippen LogP contribution in [0.2, 0.25) is 0 Å². The first-order valence-electron chi connectivity index (χ1n) is 17.9. The van der Waals surface area contributed by atoms with Crippen molar-refractivity contribution >= 4 is 11.1 Å². The zero-order chi connectivity index (χ0) is 32.4. The second-order valence-corrected chi connectivity index (χ2v) is 14.9. The number of hydrogen-bond donors (Lipinski definition) is 0. The summed E-state index contributed by atoms with van der Waals surface area (Å²) in [4.78, 5) is 9.96. The molecule has 3 heteroatoms. The predicted molar refractivity (Wildman–Crippen MR) is 199 cm³/mol. The fourth-order valence-electron chi connectivity index (χ4n) is 10.0. The fourth-order valence-corrected chi connectivity index (χ4v) is 10.0. The summed E-state index contributed by atoms with van der Waals surface area (Å²) < 4.78 is 6.21. The van der Waals surface area contributed by atoms with Gasteiger partial charge in [0.1, 0.15) is 5.52 Å². The highest BCUT2D eigenvalue weighted by atomic mass is 16.3. The van der Waals surface area contributed by atoms with Gasteiger partial charge in [0.25, 0.3) is 0 Å². The van der Waals surface area contributed by atoms with Gasteiger partial charge in [-0.25, -0.2) is 9.97 Å². The highest BCUT2D eigenvalue weighted by Gasteiger charge is 2.52. The van der Waals surface area contributed by atoms with Crippen molar-refractivity contribution in [3.63, 3.8) is 0 Å². The first kappa shape index (κ1) is 28.7. The third-order valence-corrected chi connectivity index (χ3v) is 11.8.